The number of fused-ring (bicyclic) bond motifs is 1. The highest BCUT2D eigenvalue weighted by Gasteiger charge is 2.42. The quantitative estimate of drug-likeness (QED) is 0.910. The average Bonchev–Trinajstić information content (AvgIpc) is 2.88. The van der Waals surface area contributed by atoms with Gasteiger partial charge in [-0.3, -0.25) is 0 Å². The molecule has 2 N–H and O–H groups in total. The van der Waals surface area contributed by atoms with Crippen LogP contribution in [0.2, 0.25) is 0 Å². The van der Waals surface area contributed by atoms with Crippen LogP contribution in [0.5, 0.6) is 0 Å². The highest BCUT2D eigenvalue weighted by atomic mass is 35.5. The van der Waals surface area contributed by atoms with Crippen LogP contribution in [0.25, 0.3) is 0 Å². The van der Waals surface area contributed by atoms with E-state index in [2.05, 4.69) is 0 Å². The molecule has 3 atom stereocenters. The van der Waals surface area contributed by atoms with E-state index >= 15 is 0 Å². The third kappa shape index (κ3) is 3.62. The van der Waals surface area contributed by atoms with Gasteiger partial charge in [0.25, 0.3) is 0 Å². The normalized spacial score (nSPS) is 28.9. The lowest BCUT2D eigenvalue weighted by atomic mass is 9.78. The molecule has 2 fully saturated rings. The van der Waals surface area contributed by atoms with Crippen LogP contribution in [0.15, 0.2) is 24.3 Å². The highest BCUT2D eigenvalue weighted by Crippen LogP contribution is 2.37. The Hall–Kier alpha value is -0.690. The zero-order valence-corrected chi connectivity index (χ0v) is 14.0. The van der Waals surface area contributed by atoms with Crippen molar-refractivity contribution >= 4 is 22.4 Å². The van der Waals surface area contributed by atoms with Crippen molar-refractivity contribution in [3.05, 3.63) is 35.6 Å². The van der Waals surface area contributed by atoms with Gasteiger partial charge >= 0.3 is 0 Å². The van der Waals surface area contributed by atoms with E-state index in [4.69, 9.17) is 5.73 Å². The second kappa shape index (κ2) is 6.83. The zero-order valence-electron chi connectivity index (χ0n) is 12.3. The third-order valence-electron chi connectivity index (χ3n) is 4.78. The fraction of sp³-hybridized carbons (Fsp3) is 0.600. The Morgan fingerprint density at radius 2 is 1.86 bits per heavy atom. The Bertz CT molecular complexity index is 608. The third-order valence-corrected chi connectivity index (χ3v) is 6.56. The maximum absolute atomic E-state index is 12.9. The summed E-state index contributed by atoms with van der Waals surface area (Å²) >= 11 is 0. The van der Waals surface area contributed by atoms with E-state index in [0.717, 1.165) is 19.3 Å². The van der Waals surface area contributed by atoms with E-state index in [0.29, 0.717) is 30.5 Å². The Kier molecular flexibility index (Phi) is 5.48. The van der Waals surface area contributed by atoms with Crippen LogP contribution in [0.3, 0.4) is 0 Å². The van der Waals surface area contributed by atoms with Gasteiger partial charge in [-0.15, -0.1) is 12.4 Å². The molecular weight excluding hydrogens is 327 g/mol. The first kappa shape index (κ1) is 17.7. The lowest BCUT2D eigenvalue weighted by Crippen LogP contribution is -2.38. The SMILES string of the molecule is Cl.NC1CCCC2CN(S(=O)(=O)Cc3ccc(F)cc3)CC12. The van der Waals surface area contributed by atoms with Gasteiger partial charge in [-0.1, -0.05) is 18.6 Å². The van der Waals surface area contributed by atoms with Gasteiger partial charge in [0, 0.05) is 19.1 Å². The van der Waals surface area contributed by atoms with Gasteiger partial charge in [0.2, 0.25) is 10.0 Å². The summed E-state index contributed by atoms with van der Waals surface area (Å²) < 4.78 is 39.5. The van der Waals surface area contributed by atoms with Crippen molar-refractivity contribution < 1.29 is 12.8 Å². The number of sulfonamides is 1. The van der Waals surface area contributed by atoms with E-state index in [9.17, 15) is 12.8 Å². The second-order valence-electron chi connectivity index (χ2n) is 6.22. The molecule has 0 bridgehead atoms. The fourth-order valence-corrected chi connectivity index (χ4v) is 5.20. The smallest absolute Gasteiger partial charge is 0.218 e. The summed E-state index contributed by atoms with van der Waals surface area (Å²) in [6.45, 7) is 1.12. The van der Waals surface area contributed by atoms with Gasteiger partial charge < -0.3 is 5.73 Å². The summed E-state index contributed by atoms with van der Waals surface area (Å²) in [7, 11) is -3.35. The van der Waals surface area contributed by atoms with Gasteiger partial charge in [0.05, 0.1) is 5.75 Å². The molecule has 0 aromatic heterocycles. The molecule has 2 aliphatic rings. The van der Waals surface area contributed by atoms with E-state index in [1.54, 1.807) is 4.31 Å². The number of nitrogens with zero attached hydrogens (tertiary/aromatic N) is 1. The second-order valence-corrected chi connectivity index (χ2v) is 8.19. The van der Waals surface area contributed by atoms with Crippen molar-refractivity contribution in [3.63, 3.8) is 0 Å². The number of nitrogens with two attached hydrogens (primary N) is 1. The van der Waals surface area contributed by atoms with Crippen LogP contribution >= 0.6 is 12.4 Å². The van der Waals surface area contributed by atoms with Crippen molar-refractivity contribution in [3.8, 4) is 0 Å². The van der Waals surface area contributed by atoms with Crippen molar-refractivity contribution in [2.45, 2.75) is 31.1 Å². The summed E-state index contributed by atoms with van der Waals surface area (Å²) in [5, 5.41) is 0. The van der Waals surface area contributed by atoms with Gasteiger partial charge in [-0.2, -0.15) is 0 Å². The van der Waals surface area contributed by atoms with Gasteiger partial charge in [-0.05, 0) is 42.4 Å². The number of hydrogen-bond donors (Lipinski definition) is 1. The standard InChI is InChI=1S/C15H21FN2O2S.ClH/c16-13-6-4-11(5-7-13)10-21(19,20)18-8-12-2-1-3-15(17)14(12)9-18;/h4-7,12,14-15H,1-3,8-10,17H2;1H. The molecule has 4 nitrogen and oxygen atoms in total. The van der Waals surface area contributed by atoms with E-state index in [1.165, 1.54) is 24.3 Å². The van der Waals surface area contributed by atoms with Crippen molar-refractivity contribution in [1.82, 2.24) is 4.31 Å². The first-order chi connectivity index (χ1) is 9.95. The number of benzene rings is 1. The van der Waals surface area contributed by atoms with Crippen LogP contribution in [0.1, 0.15) is 24.8 Å². The first-order valence-corrected chi connectivity index (χ1v) is 9.04. The highest BCUT2D eigenvalue weighted by molar-refractivity contribution is 7.88. The van der Waals surface area contributed by atoms with Gasteiger partial charge in [0.15, 0.2) is 0 Å². The summed E-state index contributed by atoms with van der Waals surface area (Å²) in [5.74, 6) is 0.273. The molecule has 1 aromatic rings. The largest absolute Gasteiger partial charge is 0.327 e. The van der Waals surface area contributed by atoms with Crippen molar-refractivity contribution in [2.24, 2.45) is 17.6 Å². The van der Waals surface area contributed by atoms with E-state index in [1.807, 2.05) is 0 Å². The Morgan fingerprint density at radius 3 is 2.50 bits per heavy atom. The van der Waals surface area contributed by atoms with E-state index in [-0.39, 0.29) is 30.0 Å². The van der Waals surface area contributed by atoms with Crippen molar-refractivity contribution in [2.75, 3.05) is 13.1 Å². The Morgan fingerprint density at radius 1 is 1.18 bits per heavy atom. The minimum Gasteiger partial charge on any atom is -0.327 e. The molecule has 1 aromatic carbocycles. The molecule has 3 unspecified atom stereocenters. The molecule has 1 heterocycles. The van der Waals surface area contributed by atoms with Gasteiger partial charge in [-0.25, -0.2) is 17.1 Å². The minimum absolute atomic E-state index is 0. The molecule has 1 saturated heterocycles. The molecule has 0 amide bonds. The molecule has 1 aliphatic heterocycles. The summed E-state index contributed by atoms with van der Waals surface area (Å²) in [4.78, 5) is 0. The molecule has 22 heavy (non-hydrogen) atoms. The van der Waals surface area contributed by atoms with Crippen LogP contribution in [0, 0.1) is 17.7 Å². The van der Waals surface area contributed by atoms with Crippen LogP contribution in [0.4, 0.5) is 4.39 Å². The predicted octanol–water partition coefficient (Wildman–Crippen LogP) is 2.14. The maximum Gasteiger partial charge on any atom is 0.218 e. The first-order valence-electron chi connectivity index (χ1n) is 7.43. The lowest BCUT2D eigenvalue weighted by molar-refractivity contribution is 0.260. The monoisotopic (exact) mass is 348 g/mol. The molecule has 0 radical (unpaired) electrons. The van der Waals surface area contributed by atoms with E-state index < -0.39 is 10.0 Å². The molecule has 1 saturated carbocycles. The number of rotatable bonds is 3. The maximum atomic E-state index is 12.9. The average molecular weight is 349 g/mol. The summed E-state index contributed by atoms with van der Waals surface area (Å²) in [6.07, 6.45) is 3.15. The summed E-state index contributed by atoms with van der Waals surface area (Å²) in [6, 6.07) is 5.77. The number of hydrogen-bond acceptors (Lipinski definition) is 3. The molecular formula is C15H22ClFN2O2S. The minimum atomic E-state index is -3.35. The molecule has 7 heteroatoms. The van der Waals surface area contributed by atoms with Crippen LogP contribution in [-0.4, -0.2) is 31.9 Å². The molecule has 3 rings (SSSR count). The molecule has 0 spiro atoms. The topological polar surface area (TPSA) is 63.4 Å². The predicted molar refractivity (Wildman–Crippen MR) is 86.7 cm³/mol. The molecule has 1 aliphatic carbocycles. The fourth-order valence-electron chi connectivity index (χ4n) is 3.59. The van der Waals surface area contributed by atoms with Crippen LogP contribution < -0.4 is 5.73 Å². The Balaban J connectivity index is 0.00000176. The molecule has 124 valence electrons. The van der Waals surface area contributed by atoms with Crippen LogP contribution in [-0.2, 0) is 15.8 Å². The summed E-state index contributed by atoms with van der Waals surface area (Å²) in [5.41, 5.74) is 6.75. The zero-order chi connectivity index (χ0) is 15.0. The van der Waals surface area contributed by atoms with Gasteiger partial charge in [0.1, 0.15) is 5.82 Å². The van der Waals surface area contributed by atoms with Crippen molar-refractivity contribution in [1.29, 1.82) is 0 Å². The lowest BCUT2D eigenvalue weighted by Gasteiger charge is -2.29. The number of halogens is 2. The Labute approximate surface area is 137 Å².